The molecule has 0 spiro atoms. The van der Waals surface area contributed by atoms with Gasteiger partial charge in [0.2, 0.25) is 0 Å². The topological polar surface area (TPSA) is 70.9 Å². The van der Waals surface area contributed by atoms with Crippen molar-refractivity contribution in [2.45, 2.75) is 39.8 Å². The number of carbonyl (C=O) groups is 1. The summed E-state index contributed by atoms with van der Waals surface area (Å²) < 4.78 is 7.19. The number of alkyl carbamates (subject to hydrolysis) is 1. The van der Waals surface area contributed by atoms with Crippen molar-refractivity contribution < 1.29 is 9.53 Å². The SMILES string of the molecule is CCNC(=NCCNC(=O)OC(C)(C)C)N(C)Cc1cc(Cl)cn1C. The zero-order chi connectivity index (χ0) is 19.0. The Balaban J connectivity index is 2.55. The van der Waals surface area contributed by atoms with E-state index < -0.39 is 11.7 Å². The molecule has 0 saturated heterocycles. The fourth-order valence-corrected chi connectivity index (χ4v) is 2.42. The Hall–Kier alpha value is -1.89. The van der Waals surface area contributed by atoms with E-state index in [9.17, 15) is 4.79 Å². The van der Waals surface area contributed by atoms with E-state index in [1.807, 2.05) is 63.5 Å². The van der Waals surface area contributed by atoms with Crippen molar-refractivity contribution in [3.8, 4) is 0 Å². The molecule has 25 heavy (non-hydrogen) atoms. The molecule has 8 heteroatoms. The molecule has 0 aliphatic carbocycles. The Kier molecular flexibility index (Phi) is 8.09. The van der Waals surface area contributed by atoms with E-state index in [-0.39, 0.29) is 0 Å². The van der Waals surface area contributed by atoms with Crippen LogP contribution in [0, 0.1) is 0 Å². The van der Waals surface area contributed by atoms with Gasteiger partial charge in [0.25, 0.3) is 0 Å². The first-order valence-corrected chi connectivity index (χ1v) is 8.77. The van der Waals surface area contributed by atoms with Gasteiger partial charge in [0.05, 0.1) is 18.1 Å². The second-order valence-corrected chi connectivity index (χ2v) is 7.22. The van der Waals surface area contributed by atoms with E-state index in [0.717, 1.165) is 23.2 Å². The van der Waals surface area contributed by atoms with Gasteiger partial charge < -0.3 is 24.8 Å². The lowest BCUT2D eigenvalue weighted by Gasteiger charge is -2.22. The highest BCUT2D eigenvalue weighted by Gasteiger charge is 2.15. The van der Waals surface area contributed by atoms with Crippen LogP contribution in [0.25, 0.3) is 0 Å². The third-order valence-electron chi connectivity index (χ3n) is 3.21. The van der Waals surface area contributed by atoms with Gasteiger partial charge in [0, 0.05) is 39.1 Å². The van der Waals surface area contributed by atoms with Crippen LogP contribution in [-0.2, 0) is 18.3 Å². The van der Waals surface area contributed by atoms with Gasteiger partial charge in [-0.25, -0.2) is 4.79 Å². The third kappa shape index (κ3) is 8.16. The number of aliphatic imine (C=N–C) groups is 1. The number of aromatic nitrogens is 1. The Morgan fingerprint density at radius 2 is 2.08 bits per heavy atom. The van der Waals surface area contributed by atoms with Crippen LogP contribution >= 0.6 is 11.6 Å². The van der Waals surface area contributed by atoms with Crippen LogP contribution in [0.15, 0.2) is 17.3 Å². The van der Waals surface area contributed by atoms with Gasteiger partial charge in [-0.2, -0.15) is 0 Å². The van der Waals surface area contributed by atoms with E-state index in [1.165, 1.54) is 0 Å². The monoisotopic (exact) mass is 371 g/mol. The van der Waals surface area contributed by atoms with Crippen molar-refractivity contribution in [1.82, 2.24) is 20.1 Å². The Morgan fingerprint density at radius 3 is 2.60 bits per heavy atom. The van der Waals surface area contributed by atoms with Crippen LogP contribution in [-0.4, -0.2) is 53.8 Å². The van der Waals surface area contributed by atoms with E-state index in [4.69, 9.17) is 16.3 Å². The minimum atomic E-state index is -0.501. The molecular weight excluding hydrogens is 342 g/mol. The highest BCUT2D eigenvalue weighted by Crippen LogP contribution is 2.14. The molecule has 1 amide bonds. The Morgan fingerprint density at radius 1 is 1.40 bits per heavy atom. The number of halogens is 1. The summed E-state index contributed by atoms with van der Waals surface area (Å²) in [6.45, 7) is 9.82. The van der Waals surface area contributed by atoms with Crippen LogP contribution in [0.1, 0.15) is 33.4 Å². The highest BCUT2D eigenvalue weighted by molar-refractivity contribution is 6.30. The fourth-order valence-electron chi connectivity index (χ4n) is 2.14. The van der Waals surface area contributed by atoms with Gasteiger partial charge in [-0.1, -0.05) is 11.6 Å². The van der Waals surface area contributed by atoms with Crippen molar-refractivity contribution in [1.29, 1.82) is 0 Å². The molecule has 2 N–H and O–H groups in total. The normalized spacial score (nSPS) is 12.0. The summed E-state index contributed by atoms with van der Waals surface area (Å²) >= 11 is 6.03. The molecular formula is C17H30ClN5O2. The number of hydrogen-bond donors (Lipinski definition) is 2. The van der Waals surface area contributed by atoms with Crippen LogP contribution in [0.3, 0.4) is 0 Å². The number of rotatable bonds is 6. The summed E-state index contributed by atoms with van der Waals surface area (Å²) in [4.78, 5) is 18.2. The third-order valence-corrected chi connectivity index (χ3v) is 3.42. The summed E-state index contributed by atoms with van der Waals surface area (Å²) in [5.74, 6) is 0.769. The maximum absolute atomic E-state index is 11.6. The first-order chi connectivity index (χ1) is 11.6. The maximum atomic E-state index is 11.6. The zero-order valence-electron chi connectivity index (χ0n) is 16.0. The van der Waals surface area contributed by atoms with Crippen LogP contribution in [0.2, 0.25) is 5.02 Å². The minimum absolute atomic E-state index is 0.410. The minimum Gasteiger partial charge on any atom is -0.444 e. The van der Waals surface area contributed by atoms with E-state index >= 15 is 0 Å². The average molecular weight is 372 g/mol. The molecule has 0 aromatic carbocycles. The molecule has 0 saturated carbocycles. The lowest BCUT2D eigenvalue weighted by Crippen LogP contribution is -2.39. The molecule has 1 heterocycles. The van der Waals surface area contributed by atoms with E-state index in [0.29, 0.717) is 19.6 Å². The highest BCUT2D eigenvalue weighted by atomic mass is 35.5. The molecule has 0 atom stereocenters. The first-order valence-electron chi connectivity index (χ1n) is 8.39. The number of guanidine groups is 1. The predicted molar refractivity (Wildman–Crippen MR) is 102 cm³/mol. The quantitative estimate of drug-likeness (QED) is 0.458. The van der Waals surface area contributed by atoms with Gasteiger partial charge in [-0.3, -0.25) is 4.99 Å². The molecule has 0 bridgehead atoms. The average Bonchev–Trinajstić information content (AvgIpc) is 2.78. The molecule has 0 fully saturated rings. The number of nitrogens with zero attached hydrogens (tertiary/aromatic N) is 3. The summed E-state index contributed by atoms with van der Waals surface area (Å²) in [6.07, 6.45) is 1.44. The Labute approximate surface area is 155 Å². The molecule has 0 aliphatic rings. The van der Waals surface area contributed by atoms with Crippen LogP contribution in [0.4, 0.5) is 4.79 Å². The van der Waals surface area contributed by atoms with E-state index in [1.54, 1.807) is 0 Å². The number of hydrogen-bond acceptors (Lipinski definition) is 3. The second-order valence-electron chi connectivity index (χ2n) is 6.78. The maximum Gasteiger partial charge on any atom is 0.407 e. The molecule has 1 aromatic rings. The molecule has 142 valence electrons. The number of aryl methyl sites for hydroxylation is 1. The summed E-state index contributed by atoms with van der Waals surface area (Å²) in [7, 11) is 3.92. The van der Waals surface area contributed by atoms with Crippen LogP contribution in [0.5, 0.6) is 0 Å². The number of nitrogens with one attached hydrogen (secondary N) is 2. The molecule has 7 nitrogen and oxygen atoms in total. The van der Waals surface area contributed by atoms with Crippen molar-refractivity contribution in [2.75, 3.05) is 26.7 Å². The molecule has 1 rings (SSSR count). The lowest BCUT2D eigenvalue weighted by molar-refractivity contribution is 0.0529. The molecule has 1 aromatic heterocycles. The predicted octanol–water partition coefficient (Wildman–Crippen LogP) is 2.60. The second kappa shape index (κ2) is 9.56. The largest absolute Gasteiger partial charge is 0.444 e. The van der Waals surface area contributed by atoms with Gasteiger partial charge in [-0.05, 0) is 33.8 Å². The number of amides is 1. The summed E-state index contributed by atoms with van der Waals surface area (Å²) in [5.41, 5.74) is 0.587. The smallest absolute Gasteiger partial charge is 0.407 e. The van der Waals surface area contributed by atoms with Gasteiger partial charge in [0.15, 0.2) is 5.96 Å². The molecule has 0 unspecified atom stereocenters. The first kappa shape index (κ1) is 21.2. The zero-order valence-corrected chi connectivity index (χ0v) is 16.8. The van der Waals surface area contributed by atoms with Gasteiger partial charge in [-0.15, -0.1) is 0 Å². The van der Waals surface area contributed by atoms with E-state index in [2.05, 4.69) is 15.6 Å². The lowest BCUT2D eigenvalue weighted by atomic mass is 10.2. The van der Waals surface area contributed by atoms with Gasteiger partial charge >= 0.3 is 6.09 Å². The molecule has 0 radical (unpaired) electrons. The standard InChI is InChI=1S/C17H30ClN5O2/c1-7-19-15(20-8-9-21-16(24)25-17(2,3)4)23(6)12-14-10-13(18)11-22(14)5/h10-11H,7-9,12H2,1-6H3,(H,19,20)(H,21,24). The van der Waals surface area contributed by atoms with Crippen molar-refractivity contribution in [2.24, 2.45) is 12.0 Å². The Bertz CT molecular complexity index is 592. The van der Waals surface area contributed by atoms with Crippen molar-refractivity contribution >= 4 is 23.7 Å². The molecule has 0 aliphatic heterocycles. The van der Waals surface area contributed by atoms with Crippen molar-refractivity contribution in [3.63, 3.8) is 0 Å². The number of ether oxygens (including phenoxy) is 1. The summed E-state index contributed by atoms with van der Waals surface area (Å²) in [6, 6.07) is 1.94. The van der Waals surface area contributed by atoms with Crippen molar-refractivity contribution in [3.05, 3.63) is 23.0 Å². The van der Waals surface area contributed by atoms with Gasteiger partial charge in [0.1, 0.15) is 5.60 Å². The van der Waals surface area contributed by atoms with Crippen LogP contribution < -0.4 is 10.6 Å². The fraction of sp³-hybridized carbons (Fsp3) is 0.647. The number of carbonyl (C=O) groups excluding carboxylic acids is 1. The summed E-state index contributed by atoms with van der Waals surface area (Å²) in [5, 5.41) is 6.66.